The van der Waals surface area contributed by atoms with Crippen LogP contribution in [0.4, 0.5) is 0 Å². The van der Waals surface area contributed by atoms with Gasteiger partial charge in [-0.1, -0.05) is 0 Å². The van der Waals surface area contributed by atoms with Gasteiger partial charge in [0.15, 0.2) is 11.6 Å². The van der Waals surface area contributed by atoms with Gasteiger partial charge < -0.3 is 9.73 Å². The number of rotatable bonds is 3. The highest BCUT2D eigenvalue weighted by Crippen LogP contribution is 2.16. The minimum absolute atomic E-state index is 0.0894. The number of furan rings is 1. The molecular weight excluding hydrogens is 226 g/mol. The number of aryl methyl sites for hydroxylation is 1. The normalized spacial score (nSPS) is 11.8. The lowest BCUT2D eigenvalue weighted by atomic mass is 10.1. The van der Waals surface area contributed by atoms with Gasteiger partial charge in [-0.05, 0) is 39.8 Å². The molecule has 0 unspecified atom stereocenters. The van der Waals surface area contributed by atoms with Crippen molar-refractivity contribution in [3.05, 3.63) is 35.9 Å². The molecule has 1 N–H and O–H groups in total. The van der Waals surface area contributed by atoms with Crippen LogP contribution < -0.4 is 5.32 Å². The summed E-state index contributed by atoms with van der Waals surface area (Å²) in [5.41, 5.74) is 2.18. The first-order chi connectivity index (χ1) is 8.46. The van der Waals surface area contributed by atoms with E-state index in [4.69, 9.17) is 4.42 Å². The van der Waals surface area contributed by atoms with Crippen molar-refractivity contribution in [2.45, 2.75) is 39.8 Å². The van der Waals surface area contributed by atoms with Crippen molar-refractivity contribution in [1.29, 1.82) is 0 Å². The summed E-state index contributed by atoms with van der Waals surface area (Å²) in [6.45, 7) is 9.18. The Hall–Kier alpha value is -1.68. The van der Waals surface area contributed by atoms with Crippen LogP contribution in [0.5, 0.6) is 0 Å². The van der Waals surface area contributed by atoms with Crippen LogP contribution in [0.2, 0.25) is 0 Å². The summed E-state index contributed by atoms with van der Waals surface area (Å²) in [6.07, 6.45) is 3.49. The minimum Gasteiger partial charge on any atom is -0.461 e. The fourth-order valence-corrected chi connectivity index (χ4v) is 1.55. The molecule has 4 heteroatoms. The zero-order valence-corrected chi connectivity index (χ0v) is 11.3. The minimum atomic E-state index is 0.0894. The van der Waals surface area contributed by atoms with Crippen LogP contribution in [0.3, 0.4) is 0 Å². The second-order valence-electron chi connectivity index (χ2n) is 5.39. The van der Waals surface area contributed by atoms with Crippen molar-refractivity contribution in [1.82, 2.24) is 15.3 Å². The first-order valence-corrected chi connectivity index (χ1v) is 6.07. The van der Waals surface area contributed by atoms with Gasteiger partial charge in [-0.2, -0.15) is 0 Å². The van der Waals surface area contributed by atoms with Gasteiger partial charge in [-0.15, -0.1) is 0 Å². The summed E-state index contributed by atoms with van der Waals surface area (Å²) in [5.74, 6) is 1.34. The molecule has 96 valence electrons. The van der Waals surface area contributed by atoms with Crippen molar-refractivity contribution in [2.75, 3.05) is 0 Å². The molecule has 2 rings (SSSR count). The number of nitrogens with one attached hydrogen (secondary N) is 1. The van der Waals surface area contributed by atoms with E-state index in [9.17, 15) is 0 Å². The Morgan fingerprint density at radius 2 is 2.11 bits per heavy atom. The summed E-state index contributed by atoms with van der Waals surface area (Å²) in [7, 11) is 0. The maximum atomic E-state index is 5.29. The Labute approximate surface area is 107 Å². The quantitative estimate of drug-likeness (QED) is 0.903. The molecule has 0 saturated heterocycles. The summed E-state index contributed by atoms with van der Waals surface area (Å²) in [5, 5.41) is 3.43. The zero-order chi connectivity index (χ0) is 13.2. The number of nitrogens with zero attached hydrogens (tertiary/aromatic N) is 2. The van der Waals surface area contributed by atoms with Gasteiger partial charge >= 0.3 is 0 Å². The Balaban J connectivity index is 2.16. The van der Waals surface area contributed by atoms with E-state index in [-0.39, 0.29) is 5.54 Å². The van der Waals surface area contributed by atoms with E-state index in [1.807, 2.05) is 25.3 Å². The zero-order valence-electron chi connectivity index (χ0n) is 11.3. The van der Waals surface area contributed by atoms with E-state index in [0.717, 1.165) is 17.8 Å². The number of hydrogen-bond acceptors (Lipinski definition) is 4. The third-order valence-corrected chi connectivity index (χ3v) is 2.63. The maximum Gasteiger partial charge on any atom is 0.195 e. The summed E-state index contributed by atoms with van der Waals surface area (Å²) < 4.78 is 5.29. The standard InChI is InChI=1S/C14H19N3O/c1-10-11(9-16-14(2,3)4)8-15-13(17-10)12-6-5-7-18-12/h5-8,16H,9H2,1-4H3. The van der Waals surface area contributed by atoms with Crippen molar-refractivity contribution in [3.63, 3.8) is 0 Å². The molecular formula is C14H19N3O. The van der Waals surface area contributed by atoms with Crippen LogP contribution in [0.15, 0.2) is 29.0 Å². The van der Waals surface area contributed by atoms with Gasteiger partial charge in [0.05, 0.1) is 6.26 Å². The van der Waals surface area contributed by atoms with Gasteiger partial charge in [0, 0.05) is 29.5 Å². The lowest BCUT2D eigenvalue weighted by Crippen LogP contribution is -2.35. The van der Waals surface area contributed by atoms with Crippen molar-refractivity contribution < 1.29 is 4.42 Å². The van der Waals surface area contributed by atoms with E-state index in [2.05, 4.69) is 36.1 Å². The fourth-order valence-electron chi connectivity index (χ4n) is 1.55. The molecule has 0 spiro atoms. The Bertz CT molecular complexity index is 512. The highest BCUT2D eigenvalue weighted by molar-refractivity contribution is 5.46. The van der Waals surface area contributed by atoms with E-state index < -0.39 is 0 Å². The summed E-state index contributed by atoms with van der Waals surface area (Å²) >= 11 is 0. The second-order valence-corrected chi connectivity index (χ2v) is 5.39. The molecule has 0 aromatic carbocycles. The number of aromatic nitrogens is 2. The van der Waals surface area contributed by atoms with Gasteiger partial charge in [0.1, 0.15) is 0 Å². The van der Waals surface area contributed by atoms with Gasteiger partial charge in [-0.3, -0.25) is 0 Å². The second kappa shape index (κ2) is 4.90. The lowest BCUT2D eigenvalue weighted by Gasteiger charge is -2.20. The molecule has 18 heavy (non-hydrogen) atoms. The molecule has 0 aliphatic carbocycles. The van der Waals surface area contributed by atoms with Gasteiger partial charge in [0.25, 0.3) is 0 Å². The molecule has 4 nitrogen and oxygen atoms in total. The third kappa shape index (κ3) is 3.17. The third-order valence-electron chi connectivity index (χ3n) is 2.63. The summed E-state index contributed by atoms with van der Waals surface area (Å²) in [6, 6.07) is 3.70. The van der Waals surface area contributed by atoms with Crippen molar-refractivity contribution in [2.24, 2.45) is 0 Å². The largest absolute Gasteiger partial charge is 0.461 e. The Morgan fingerprint density at radius 3 is 2.67 bits per heavy atom. The Morgan fingerprint density at radius 1 is 1.33 bits per heavy atom. The van der Waals surface area contributed by atoms with Crippen LogP contribution in [0, 0.1) is 6.92 Å². The maximum absolute atomic E-state index is 5.29. The molecule has 0 radical (unpaired) electrons. The molecule has 0 atom stereocenters. The Kier molecular flexibility index (Phi) is 3.48. The van der Waals surface area contributed by atoms with Crippen LogP contribution in [-0.2, 0) is 6.54 Å². The SMILES string of the molecule is Cc1nc(-c2ccco2)ncc1CNC(C)(C)C. The molecule has 2 heterocycles. The first kappa shape index (κ1) is 12.8. The first-order valence-electron chi connectivity index (χ1n) is 6.07. The van der Waals surface area contributed by atoms with Crippen LogP contribution >= 0.6 is 0 Å². The molecule has 0 aliphatic rings. The van der Waals surface area contributed by atoms with Crippen LogP contribution in [-0.4, -0.2) is 15.5 Å². The van der Waals surface area contributed by atoms with E-state index in [1.54, 1.807) is 6.26 Å². The molecule has 0 aliphatic heterocycles. The smallest absolute Gasteiger partial charge is 0.195 e. The average Bonchev–Trinajstić information content (AvgIpc) is 2.79. The van der Waals surface area contributed by atoms with Gasteiger partial charge in [-0.25, -0.2) is 9.97 Å². The lowest BCUT2D eigenvalue weighted by molar-refractivity contribution is 0.423. The molecule has 2 aromatic heterocycles. The highest BCUT2D eigenvalue weighted by Gasteiger charge is 2.11. The van der Waals surface area contributed by atoms with E-state index in [1.165, 1.54) is 0 Å². The van der Waals surface area contributed by atoms with Gasteiger partial charge in [0.2, 0.25) is 0 Å². The monoisotopic (exact) mass is 245 g/mol. The highest BCUT2D eigenvalue weighted by atomic mass is 16.3. The molecule has 0 bridgehead atoms. The molecule has 2 aromatic rings. The van der Waals surface area contributed by atoms with Crippen molar-refractivity contribution in [3.8, 4) is 11.6 Å². The van der Waals surface area contributed by atoms with E-state index >= 15 is 0 Å². The fraction of sp³-hybridized carbons (Fsp3) is 0.429. The predicted octanol–water partition coefficient (Wildman–Crippen LogP) is 2.93. The van der Waals surface area contributed by atoms with Crippen molar-refractivity contribution >= 4 is 0 Å². The molecule has 0 saturated carbocycles. The number of hydrogen-bond donors (Lipinski definition) is 1. The van der Waals surface area contributed by atoms with E-state index in [0.29, 0.717) is 11.6 Å². The average molecular weight is 245 g/mol. The topological polar surface area (TPSA) is 51.0 Å². The molecule has 0 amide bonds. The summed E-state index contributed by atoms with van der Waals surface area (Å²) in [4.78, 5) is 8.81. The predicted molar refractivity (Wildman–Crippen MR) is 71.1 cm³/mol. The molecule has 0 fully saturated rings. The van der Waals surface area contributed by atoms with Crippen LogP contribution in [0.25, 0.3) is 11.6 Å². The van der Waals surface area contributed by atoms with Crippen LogP contribution in [0.1, 0.15) is 32.0 Å².